The van der Waals surface area contributed by atoms with Crippen LogP contribution in [-0.2, 0) is 12.8 Å². The maximum absolute atomic E-state index is 14.3. The minimum atomic E-state index is -0.179. The molecular formula is C46H37NO3. The Bertz CT molecular complexity index is 2680. The molecule has 5 aromatic carbocycles. The van der Waals surface area contributed by atoms with Crippen molar-refractivity contribution in [2.45, 2.75) is 77.0 Å². The Morgan fingerprint density at radius 3 is 1.68 bits per heavy atom. The van der Waals surface area contributed by atoms with Crippen LogP contribution in [-0.4, -0.2) is 16.0 Å². The van der Waals surface area contributed by atoms with Gasteiger partial charge in [0.15, 0.2) is 11.6 Å². The molecule has 0 aliphatic heterocycles. The third kappa shape index (κ3) is 3.38. The molecule has 12 rings (SSSR count). The third-order valence-corrected chi connectivity index (χ3v) is 13.9. The molecular weight excluding hydrogens is 615 g/mol. The van der Waals surface area contributed by atoms with E-state index in [1.807, 2.05) is 12.1 Å². The van der Waals surface area contributed by atoms with Crippen LogP contribution in [0.25, 0.3) is 71.2 Å². The van der Waals surface area contributed by atoms with E-state index in [1.165, 1.54) is 38.2 Å². The Hall–Kier alpha value is -4.96. The number of benzene rings is 5. The summed E-state index contributed by atoms with van der Waals surface area (Å²) < 4.78 is 8.74. The predicted molar refractivity (Wildman–Crippen MR) is 201 cm³/mol. The highest BCUT2D eigenvalue weighted by Gasteiger charge is 2.46. The third-order valence-electron chi connectivity index (χ3n) is 13.9. The van der Waals surface area contributed by atoms with Crippen molar-refractivity contribution in [3.8, 4) is 11.1 Å². The second-order valence-corrected chi connectivity index (χ2v) is 16.2. The first-order chi connectivity index (χ1) is 24.5. The first-order valence-corrected chi connectivity index (χ1v) is 18.9. The van der Waals surface area contributed by atoms with Crippen molar-refractivity contribution in [2.24, 2.45) is 10.8 Å². The lowest BCUT2D eigenvalue weighted by atomic mass is 9.69. The molecule has 4 heteroatoms. The molecule has 0 unspecified atom stereocenters. The monoisotopic (exact) mass is 651 g/mol. The van der Waals surface area contributed by atoms with Crippen LogP contribution in [0.5, 0.6) is 0 Å². The van der Waals surface area contributed by atoms with Crippen molar-refractivity contribution in [1.29, 1.82) is 0 Å². The van der Waals surface area contributed by atoms with Crippen LogP contribution in [0, 0.1) is 10.8 Å². The van der Waals surface area contributed by atoms with E-state index >= 15 is 0 Å². The van der Waals surface area contributed by atoms with Gasteiger partial charge in [0.2, 0.25) is 0 Å². The number of aromatic nitrogens is 1. The van der Waals surface area contributed by atoms with Crippen molar-refractivity contribution >= 4 is 71.6 Å². The molecule has 3 aromatic heterocycles. The number of Topliss-reactive ketones (excluding diaryl/α,β-unsaturated/α-hetero) is 2. The Balaban J connectivity index is 1.19. The van der Waals surface area contributed by atoms with E-state index < -0.39 is 0 Å². The van der Waals surface area contributed by atoms with Gasteiger partial charge in [0.05, 0.1) is 16.6 Å². The molecule has 0 amide bonds. The number of rotatable bonds is 1. The van der Waals surface area contributed by atoms with Crippen LogP contribution in [0.1, 0.15) is 96.1 Å². The van der Waals surface area contributed by atoms with Crippen LogP contribution in [0.2, 0.25) is 0 Å². The molecule has 0 radical (unpaired) electrons. The van der Waals surface area contributed by atoms with Gasteiger partial charge in [0, 0.05) is 54.3 Å². The normalized spacial score (nSPS) is 19.8. The highest BCUT2D eigenvalue weighted by molar-refractivity contribution is 6.27. The maximum atomic E-state index is 14.3. The zero-order valence-electron chi connectivity index (χ0n) is 28.2. The van der Waals surface area contributed by atoms with Gasteiger partial charge in [-0.25, -0.2) is 0 Å². The molecule has 0 atom stereocenters. The fourth-order valence-electron chi connectivity index (χ4n) is 11.3. The number of fused-ring (bicyclic) bond motifs is 11. The molecule has 8 aromatic rings. The fourth-order valence-corrected chi connectivity index (χ4v) is 11.3. The number of carbonyl (C=O) groups is 2. The van der Waals surface area contributed by atoms with E-state index in [1.54, 1.807) is 0 Å². The van der Waals surface area contributed by atoms with Gasteiger partial charge in [-0.2, -0.15) is 0 Å². The van der Waals surface area contributed by atoms with Gasteiger partial charge in [-0.05, 0) is 122 Å². The van der Waals surface area contributed by atoms with Gasteiger partial charge in [0.1, 0.15) is 11.2 Å². The van der Waals surface area contributed by atoms with Gasteiger partial charge in [-0.3, -0.25) is 9.59 Å². The summed E-state index contributed by atoms with van der Waals surface area (Å²) in [4.78, 5) is 28.6. The summed E-state index contributed by atoms with van der Waals surface area (Å²) in [6, 6.07) is 28.6. The molecule has 4 aliphatic carbocycles. The van der Waals surface area contributed by atoms with Gasteiger partial charge in [0.25, 0.3) is 0 Å². The summed E-state index contributed by atoms with van der Waals surface area (Å²) in [6.07, 6.45) is 12.5. The minimum absolute atomic E-state index is 0.179. The summed E-state index contributed by atoms with van der Waals surface area (Å²) in [7, 11) is 0. The van der Waals surface area contributed by atoms with Crippen molar-refractivity contribution < 1.29 is 14.0 Å². The maximum Gasteiger partial charge on any atom is 0.169 e. The molecule has 2 fully saturated rings. The molecule has 0 bridgehead atoms. The van der Waals surface area contributed by atoms with Crippen molar-refractivity contribution in [2.75, 3.05) is 0 Å². The number of furan rings is 1. The number of aryl methyl sites for hydroxylation is 2. The van der Waals surface area contributed by atoms with Crippen molar-refractivity contribution in [3.63, 3.8) is 0 Å². The Labute approximate surface area is 289 Å². The van der Waals surface area contributed by atoms with Crippen molar-refractivity contribution in [1.82, 2.24) is 4.40 Å². The number of hydrogen-bond acceptors (Lipinski definition) is 3. The Morgan fingerprint density at radius 1 is 0.520 bits per heavy atom. The van der Waals surface area contributed by atoms with Crippen LogP contribution < -0.4 is 0 Å². The van der Waals surface area contributed by atoms with E-state index in [-0.39, 0.29) is 10.8 Å². The number of nitrogens with zero attached hydrogens (tertiary/aromatic N) is 1. The molecule has 0 N–H and O–H groups in total. The smallest absolute Gasteiger partial charge is 0.169 e. The highest BCUT2D eigenvalue weighted by Crippen LogP contribution is 2.52. The van der Waals surface area contributed by atoms with Crippen molar-refractivity contribution in [3.05, 3.63) is 101 Å². The van der Waals surface area contributed by atoms with Crippen LogP contribution in [0.15, 0.2) is 83.3 Å². The molecule has 0 saturated heterocycles. The second-order valence-electron chi connectivity index (χ2n) is 16.2. The molecule has 244 valence electrons. The zero-order chi connectivity index (χ0) is 32.9. The van der Waals surface area contributed by atoms with Gasteiger partial charge in [-0.1, -0.05) is 56.0 Å². The van der Waals surface area contributed by atoms with E-state index in [2.05, 4.69) is 71.1 Å². The molecule has 4 nitrogen and oxygen atoms in total. The zero-order valence-corrected chi connectivity index (χ0v) is 28.2. The minimum Gasteiger partial charge on any atom is -0.456 e. The fraction of sp³-hybridized carbons (Fsp3) is 0.304. The van der Waals surface area contributed by atoms with Crippen LogP contribution in [0.3, 0.4) is 0 Å². The number of para-hydroxylation sites is 1. The van der Waals surface area contributed by atoms with E-state index in [4.69, 9.17) is 4.42 Å². The van der Waals surface area contributed by atoms with Gasteiger partial charge >= 0.3 is 0 Å². The quantitative estimate of drug-likeness (QED) is 0.177. The molecule has 3 heterocycles. The van der Waals surface area contributed by atoms with Crippen LogP contribution >= 0.6 is 0 Å². The summed E-state index contributed by atoms with van der Waals surface area (Å²) in [5, 5.41) is 7.08. The first kappa shape index (κ1) is 27.8. The van der Waals surface area contributed by atoms with E-state index in [0.717, 1.165) is 132 Å². The molecule has 2 spiro atoms. The average Bonchev–Trinajstić information content (AvgIpc) is 3.98. The van der Waals surface area contributed by atoms with Crippen LogP contribution in [0.4, 0.5) is 0 Å². The average molecular weight is 652 g/mol. The summed E-state index contributed by atoms with van der Waals surface area (Å²) >= 11 is 0. The topological polar surface area (TPSA) is 51.7 Å². The lowest BCUT2D eigenvalue weighted by molar-refractivity contribution is 0.0759. The Morgan fingerprint density at radius 2 is 1.08 bits per heavy atom. The van der Waals surface area contributed by atoms with Gasteiger partial charge < -0.3 is 8.82 Å². The Kier molecular flexibility index (Phi) is 5.24. The first-order valence-electron chi connectivity index (χ1n) is 18.9. The molecule has 50 heavy (non-hydrogen) atoms. The second kappa shape index (κ2) is 9.42. The number of hydrogen-bond donors (Lipinski definition) is 0. The summed E-state index contributed by atoms with van der Waals surface area (Å²) in [5.74, 6) is 0.718. The highest BCUT2D eigenvalue weighted by atomic mass is 16.3. The summed E-state index contributed by atoms with van der Waals surface area (Å²) in [6.45, 7) is 0. The lowest BCUT2D eigenvalue weighted by Gasteiger charge is -2.33. The predicted octanol–water partition coefficient (Wildman–Crippen LogP) is 11.8. The van der Waals surface area contributed by atoms with Gasteiger partial charge in [-0.15, -0.1) is 0 Å². The summed E-state index contributed by atoms with van der Waals surface area (Å²) in [5.41, 5.74) is 11.4. The molecule has 4 aliphatic rings. The SMILES string of the molecule is O=C1c2cc3c(cc2CCC12CCCC2)c1cc(-c2cccc4oc5ccccc5c24)cc2c4cc5c(cc4n3c12)C(=O)C1(CCCC1)CC5. The van der Waals surface area contributed by atoms with E-state index in [9.17, 15) is 9.59 Å². The molecule has 2 saturated carbocycles. The number of ketones is 2. The number of carbonyl (C=O) groups excluding carboxylic acids is 2. The standard InChI is InChI=1S/C46H37NO3/c48-43-31-24-37-33(20-26(31)12-18-45(43)14-3-4-15-45)35-22-28(29-9-7-11-40-41(29)30-8-1-2-10-39(30)50-40)23-36-34-21-27-13-19-46(16-5-6-17-46)44(49)32(27)25-38(34)47(37)42(35)36/h1-2,7-11,20-25H,3-6,12-19H2. The largest absolute Gasteiger partial charge is 0.456 e. The van der Waals surface area contributed by atoms with E-state index in [0.29, 0.717) is 11.6 Å². The lowest BCUT2D eigenvalue weighted by Crippen LogP contribution is -2.33.